The SMILES string of the molecule is Cc1cc(Br)ccc1-n1cncc1[C@@H](C)N. The number of aromatic nitrogens is 2. The average molecular weight is 280 g/mol. The Morgan fingerprint density at radius 2 is 2.19 bits per heavy atom. The maximum atomic E-state index is 5.91. The molecule has 16 heavy (non-hydrogen) atoms. The van der Waals surface area contributed by atoms with Crippen LogP contribution < -0.4 is 5.73 Å². The molecule has 0 aliphatic rings. The van der Waals surface area contributed by atoms with Gasteiger partial charge in [0.25, 0.3) is 0 Å². The monoisotopic (exact) mass is 279 g/mol. The molecule has 0 bridgehead atoms. The molecule has 0 spiro atoms. The fraction of sp³-hybridized carbons (Fsp3) is 0.250. The van der Waals surface area contributed by atoms with Gasteiger partial charge >= 0.3 is 0 Å². The van der Waals surface area contributed by atoms with Crippen molar-refractivity contribution in [2.45, 2.75) is 19.9 Å². The molecule has 0 unspecified atom stereocenters. The molecular weight excluding hydrogens is 266 g/mol. The Balaban J connectivity index is 2.54. The van der Waals surface area contributed by atoms with Gasteiger partial charge in [-0.3, -0.25) is 0 Å². The molecule has 2 N–H and O–H groups in total. The molecule has 1 aromatic heterocycles. The largest absolute Gasteiger partial charge is 0.323 e. The summed E-state index contributed by atoms with van der Waals surface area (Å²) < 4.78 is 3.11. The summed E-state index contributed by atoms with van der Waals surface area (Å²) in [5.74, 6) is 0. The van der Waals surface area contributed by atoms with Crippen molar-refractivity contribution in [1.29, 1.82) is 0 Å². The van der Waals surface area contributed by atoms with E-state index >= 15 is 0 Å². The predicted octanol–water partition coefficient (Wildman–Crippen LogP) is 2.96. The van der Waals surface area contributed by atoms with Crippen LogP contribution in [0.1, 0.15) is 24.2 Å². The van der Waals surface area contributed by atoms with Crippen molar-refractivity contribution in [3.05, 3.63) is 46.5 Å². The minimum atomic E-state index is -0.0226. The Morgan fingerprint density at radius 3 is 2.81 bits per heavy atom. The molecule has 1 atom stereocenters. The van der Waals surface area contributed by atoms with E-state index in [0.29, 0.717) is 0 Å². The summed E-state index contributed by atoms with van der Waals surface area (Å²) in [6, 6.07) is 6.14. The maximum absolute atomic E-state index is 5.91. The second-order valence-corrected chi connectivity index (χ2v) is 4.82. The Hall–Kier alpha value is -1.13. The number of halogens is 1. The number of imidazole rings is 1. The van der Waals surface area contributed by atoms with Gasteiger partial charge in [0.2, 0.25) is 0 Å². The average Bonchev–Trinajstić information content (AvgIpc) is 2.66. The zero-order valence-corrected chi connectivity index (χ0v) is 10.9. The van der Waals surface area contributed by atoms with Crippen LogP contribution >= 0.6 is 15.9 Å². The van der Waals surface area contributed by atoms with Gasteiger partial charge in [0.15, 0.2) is 0 Å². The highest BCUT2D eigenvalue weighted by atomic mass is 79.9. The number of rotatable bonds is 2. The summed E-state index contributed by atoms with van der Waals surface area (Å²) >= 11 is 3.46. The highest BCUT2D eigenvalue weighted by Gasteiger charge is 2.09. The molecule has 0 saturated carbocycles. The van der Waals surface area contributed by atoms with E-state index in [0.717, 1.165) is 15.9 Å². The van der Waals surface area contributed by atoms with Gasteiger partial charge < -0.3 is 10.3 Å². The van der Waals surface area contributed by atoms with Gasteiger partial charge in [0.1, 0.15) is 0 Å². The van der Waals surface area contributed by atoms with Crippen LogP contribution in [0.4, 0.5) is 0 Å². The van der Waals surface area contributed by atoms with Crippen LogP contribution in [0.25, 0.3) is 5.69 Å². The summed E-state index contributed by atoms with van der Waals surface area (Å²) in [7, 11) is 0. The van der Waals surface area contributed by atoms with E-state index in [1.165, 1.54) is 5.56 Å². The van der Waals surface area contributed by atoms with Crippen LogP contribution in [0, 0.1) is 6.92 Å². The molecule has 3 nitrogen and oxygen atoms in total. The van der Waals surface area contributed by atoms with Crippen molar-refractivity contribution < 1.29 is 0 Å². The first-order chi connectivity index (χ1) is 7.59. The number of hydrogen-bond donors (Lipinski definition) is 1. The van der Waals surface area contributed by atoms with Crippen molar-refractivity contribution in [2.75, 3.05) is 0 Å². The molecule has 0 aliphatic heterocycles. The van der Waals surface area contributed by atoms with E-state index in [-0.39, 0.29) is 6.04 Å². The lowest BCUT2D eigenvalue weighted by Gasteiger charge is -2.13. The van der Waals surface area contributed by atoms with Gasteiger partial charge in [-0.25, -0.2) is 4.98 Å². The molecule has 2 aromatic rings. The van der Waals surface area contributed by atoms with Gasteiger partial charge in [-0.2, -0.15) is 0 Å². The van der Waals surface area contributed by atoms with Crippen molar-refractivity contribution >= 4 is 15.9 Å². The van der Waals surface area contributed by atoms with Crippen molar-refractivity contribution in [3.63, 3.8) is 0 Å². The molecule has 0 aliphatic carbocycles. The molecule has 4 heteroatoms. The number of aryl methyl sites for hydroxylation is 1. The van der Waals surface area contributed by atoms with Gasteiger partial charge in [-0.15, -0.1) is 0 Å². The van der Waals surface area contributed by atoms with Crippen molar-refractivity contribution in [2.24, 2.45) is 5.73 Å². The topological polar surface area (TPSA) is 43.8 Å². The van der Waals surface area contributed by atoms with Crippen molar-refractivity contribution in [3.8, 4) is 5.69 Å². The maximum Gasteiger partial charge on any atom is 0.0994 e. The lowest BCUT2D eigenvalue weighted by Crippen LogP contribution is -2.11. The van der Waals surface area contributed by atoms with E-state index < -0.39 is 0 Å². The molecule has 0 amide bonds. The number of nitrogens with two attached hydrogens (primary N) is 1. The highest BCUT2D eigenvalue weighted by molar-refractivity contribution is 9.10. The second kappa shape index (κ2) is 4.39. The van der Waals surface area contributed by atoms with Gasteiger partial charge in [0, 0.05) is 16.2 Å². The van der Waals surface area contributed by atoms with Gasteiger partial charge in [-0.1, -0.05) is 15.9 Å². The normalized spacial score (nSPS) is 12.8. The Labute approximate surface area is 103 Å². The zero-order chi connectivity index (χ0) is 11.7. The molecule has 1 heterocycles. The van der Waals surface area contributed by atoms with Crippen LogP contribution in [0.3, 0.4) is 0 Å². The number of benzene rings is 1. The van der Waals surface area contributed by atoms with E-state index in [9.17, 15) is 0 Å². The van der Waals surface area contributed by atoms with E-state index in [2.05, 4.69) is 40.0 Å². The third-order valence-corrected chi connectivity index (χ3v) is 3.05. The van der Waals surface area contributed by atoms with Crippen LogP contribution in [0.2, 0.25) is 0 Å². The second-order valence-electron chi connectivity index (χ2n) is 3.91. The lowest BCUT2D eigenvalue weighted by atomic mass is 10.2. The quantitative estimate of drug-likeness (QED) is 0.919. The van der Waals surface area contributed by atoms with E-state index in [1.807, 2.05) is 23.8 Å². The third-order valence-electron chi connectivity index (χ3n) is 2.55. The fourth-order valence-electron chi connectivity index (χ4n) is 1.73. The highest BCUT2D eigenvalue weighted by Crippen LogP contribution is 2.22. The van der Waals surface area contributed by atoms with Crippen LogP contribution in [-0.4, -0.2) is 9.55 Å². The number of nitrogens with zero attached hydrogens (tertiary/aromatic N) is 2. The zero-order valence-electron chi connectivity index (χ0n) is 9.31. The molecule has 2 rings (SSSR count). The summed E-state index contributed by atoms with van der Waals surface area (Å²) in [4.78, 5) is 4.15. The fourth-order valence-corrected chi connectivity index (χ4v) is 2.21. The molecule has 0 radical (unpaired) electrons. The Morgan fingerprint density at radius 1 is 1.44 bits per heavy atom. The minimum Gasteiger partial charge on any atom is -0.323 e. The van der Waals surface area contributed by atoms with Crippen molar-refractivity contribution in [1.82, 2.24) is 9.55 Å². The first-order valence-electron chi connectivity index (χ1n) is 5.14. The molecule has 84 valence electrons. The first kappa shape index (κ1) is 11.4. The molecule has 1 aromatic carbocycles. The lowest BCUT2D eigenvalue weighted by molar-refractivity contribution is 0.751. The van der Waals surface area contributed by atoms with Crippen LogP contribution in [-0.2, 0) is 0 Å². The molecule has 0 saturated heterocycles. The Bertz CT molecular complexity index is 503. The summed E-state index contributed by atoms with van der Waals surface area (Å²) in [5.41, 5.74) is 9.23. The standard InChI is InChI=1S/C12H14BrN3/c1-8-5-10(13)3-4-11(8)16-7-15-6-12(16)9(2)14/h3-7,9H,14H2,1-2H3/t9-/m1/s1. The Kier molecular flexibility index (Phi) is 3.12. The molecular formula is C12H14BrN3. The van der Waals surface area contributed by atoms with Crippen LogP contribution in [0.5, 0.6) is 0 Å². The minimum absolute atomic E-state index is 0.0226. The van der Waals surface area contributed by atoms with E-state index in [1.54, 1.807) is 6.33 Å². The smallest absolute Gasteiger partial charge is 0.0994 e. The first-order valence-corrected chi connectivity index (χ1v) is 5.93. The third kappa shape index (κ3) is 2.03. The summed E-state index contributed by atoms with van der Waals surface area (Å²) in [6.07, 6.45) is 3.61. The number of hydrogen-bond acceptors (Lipinski definition) is 2. The predicted molar refractivity (Wildman–Crippen MR) is 68.6 cm³/mol. The van der Waals surface area contributed by atoms with Gasteiger partial charge in [0.05, 0.1) is 18.2 Å². The molecule has 0 fully saturated rings. The summed E-state index contributed by atoms with van der Waals surface area (Å²) in [6.45, 7) is 4.03. The van der Waals surface area contributed by atoms with Crippen LogP contribution in [0.15, 0.2) is 35.2 Å². The summed E-state index contributed by atoms with van der Waals surface area (Å²) in [5, 5.41) is 0. The van der Waals surface area contributed by atoms with E-state index in [4.69, 9.17) is 5.73 Å². The van der Waals surface area contributed by atoms with Gasteiger partial charge in [-0.05, 0) is 37.6 Å².